The quantitative estimate of drug-likeness (QED) is 0.798. The molecular formula is C9H6F4O2. The predicted octanol–water partition coefficient (Wildman–Crippen LogP) is 2.53. The van der Waals surface area contributed by atoms with Crippen LogP contribution in [0, 0.1) is 11.6 Å². The van der Waals surface area contributed by atoms with Gasteiger partial charge < -0.3 is 5.11 Å². The van der Waals surface area contributed by atoms with Gasteiger partial charge in [0.1, 0.15) is 18.1 Å². The number of carboxylic acid groups (broad SMARTS) is 1. The van der Waals surface area contributed by atoms with Crippen LogP contribution in [0.2, 0.25) is 0 Å². The van der Waals surface area contributed by atoms with Crippen molar-refractivity contribution in [2.24, 2.45) is 0 Å². The lowest BCUT2D eigenvalue weighted by molar-refractivity contribution is -0.145. The SMILES string of the molecule is O=C(O)CC(F)(F)c1cc(F)ccc1F. The van der Waals surface area contributed by atoms with Gasteiger partial charge in [0, 0.05) is 0 Å². The minimum absolute atomic E-state index is 0.290. The van der Waals surface area contributed by atoms with Gasteiger partial charge in [-0.25, -0.2) is 17.6 Å². The van der Waals surface area contributed by atoms with Gasteiger partial charge in [-0.3, -0.25) is 4.79 Å². The largest absolute Gasteiger partial charge is 0.481 e. The normalized spacial score (nSPS) is 11.5. The molecule has 0 heterocycles. The lowest BCUT2D eigenvalue weighted by Gasteiger charge is -2.14. The van der Waals surface area contributed by atoms with Crippen LogP contribution in [0.15, 0.2) is 18.2 Å². The van der Waals surface area contributed by atoms with Gasteiger partial charge in [0.2, 0.25) is 0 Å². The Balaban J connectivity index is 3.13. The van der Waals surface area contributed by atoms with Gasteiger partial charge in [-0.1, -0.05) is 0 Å². The summed E-state index contributed by atoms with van der Waals surface area (Å²) < 4.78 is 51.6. The smallest absolute Gasteiger partial charge is 0.309 e. The molecule has 15 heavy (non-hydrogen) atoms. The zero-order valence-electron chi connectivity index (χ0n) is 7.31. The first-order valence-corrected chi connectivity index (χ1v) is 3.88. The van der Waals surface area contributed by atoms with Gasteiger partial charge in [0.05, 0.1) is 5.56 Å². The summed E-state index contributed by atoms with van der Waals surface area (Å²) in [7, 11) is 0. The predicted molar refractivity (Wildman–Crippen MR) is 42.5 cm³/mol. The minimum atomic E-state index is -3.92. The van der Waals surface area contributed by atoms with E-state index in [-0.39, 0.29) is 6.07 Å². The Hall–Kier alpha value is -1.59. The summed E-state index contributed by atoms with van der Waals surface area (Å²) in [5.41, 5.74) is -1.25. The molecule has 0 aliphatic carbocycles. The molecule has 0 amide bonds. The number of halogens is 4. The van der Waals surface area contributed by atoms with Crippen molar-refractivity contribution in [3.05, 3.63) is 35.4 Å². The van der Waals surface area contributed by atoms with Gasteiger partial charge in [-0.2, -0.15) is 0 Å². The van der Waals surface area contributed by atoms with Crippen LogP contribution >= 0.6 is 0 Å². The number of carboxylic acids is 1. The van der Waals surface area contributed by atoms with E-state index in [9.17, 15) is 22.4 Å². The van der Waals surface area contributed by atoms with E-state index in [1.54, 1.807) is 0 Å². The van der Waals surface area contributed by atoms with E-state index in [0.29, 0.717) is 12.1 Å². The lowest BCUT2D eigenvalue weighted by atomic mass is 10.0. The van der Waals surface area contributed by atoms with Crippen molar-refractivity contribution in [3.8, 4) is 0 Å². The van der Waals surface area contributed by atoms with Crippen molar-refractivity contribution < 1.29 is 27.5 Å². The molecule has 0 saturated carbocycles. The van der Waals surface area contributed by atoms with Crippen LogP contribution in [0.3, 0.4) is 0 Å². The number of hydrogen-bond donors (Lipinski definition) is 1. The highest BCUT2D eigenvalue weighted by molar-refractivity contribution is 5.68. The van der Waals surface area contributed by atoms with Crippen molar-refractivity contribution in [2.45, 2.75) is 12.3 Å². The topological polar surface area (TPSA) is 37.3 Å². The molecule has 0 radical (unpaired) electrons. The number of aliphatic carboxylic acids is 1. The van der Waals surface area contributed by atoms with Crippen LogP contribution < -0.4 is 0 Å². The molecule has 0 aliphatic heterocycles. The summed E-state index contributed by atoms with van der Waals surface area (Å²) in [6.45, 7) is 0. The van der Waals surface area contributed by atoms with E-state index in [1.165, 1.54) is 0 Å². The fraction of sp³-hybridized carbons (Fsp3) is 0.222. The van der Waals surface area contributed by atoms with Gasteiger partial charge in [-0.15, -0.1) is 0 Å². The molecule has 1 aromatic rings. The Morgan fingerprint density at radius 1 is 1.33 bits per heavy atom. The summed E-state index contributed by atoms with van der Waals surface area (Å²) in [6, 6.07) is 1.49. The highest BCUT2D eigenvalue weighted by Gasteiger charge is 2.37. The fourth-order valence-electron chi connectivity index (χ4n) is 1.06. The van der Waals surface area contributed by atoms with Crippen LogP contribution in [0.5, 0.6) is 0 Å². The molecule has 0 unspecified atom stereocenters. The summed E-state index contributed by atoms with van der Waals surface area (Å²) >= 11 is 0. The second kappa shape index (κ2) is 3.88. The third kappa shape index (κ3) is 2.68. The summed E-state index contributed by atoms with van der Waals surface area (Å²) in [5.74, 6) is -8.08. The van der Waals surface area contributed by atoms with Crippen LogP contribution in [-0.4, -0.2) is 11.1 Å². The second-order valence-electron chi connectivity index (χ2n) is 2.90. The van der Waals surface area contributed by atoms with Gasteiger partial charge in [-0.05, 0) is 18.2 Å². The van der Waals surface area contributed by atoms with E-state index in [1.807, 2.05) is 0 Å². The molecule has 2 nitrogen and oxygen atoms in total. The molecule has 0 aromatic heterocycles. The minimum Gasteiger partial charge on any atom is -0.481 e. The van der Waals surface area contributed by atoms with E-state index in [4.69, 9.17) is 5.11 Å². The third-order valence-corrected chi connectivity index (χ3v) is 1.70. The summed E-state index contributed by atoms with van der Waals surface area (Å²) in [5, 5.41) is 8.17. The molecular weight excluding hydrogens is 216 g/mol. The monoisotopic (exact) mass is 222 g/mol. The molecule has 1 rings (SSSR count). The molecule has 82 valence electrons. The second-order valence-corrected chi connectivity index (χ2v) is 2.90. The van der Waals surface area contributed by atoms with Gasteiger partial charge in [0.25, 0.3) is 5.92 Å². The first-order valence-electron chi connectivity index (χ1n) is 3.88. The molecule has 0 spiro atoms. The summed E-state index contributed by atoms with van der Waals surface area (Å²) in [4.78, 5) is 10.1. The number of alkyl halides is 2. The third-order valence-electron chi connectivity index (χ3n) is 1.70. The Bertz CT molecular complexity index is 390. The maximum atomic E-state index is 13.1. The standard InChI is InChI=1S/C9H6F4O2/c10-5-1-2-7(11)6(3-5)9(12,13)4-8(14)15/h1-3H,4H2,(H,14,15). The maximum Gasteiger partial charge on any atom is 0.309 e. The Morgan fingerprint density at radius 2 is 1.93 bits per heavy atom. The van der Waals surface area contributed by atoms with Gasteiger partial charge >= 0.3 is 5.97 Å². The first-order chi connectivity index (χ1) is 6.83. The highest BCUT2D eigenvalue weighted by atomic mass is 19.3. The van der Waals surface area contributed by atoms with Crippen LogP contribution in [0.25, 0.3) is 0 Å². The summed E-state index contributed by atoms with van der Waals surface area (Å²) in [6.07, 6.45) is -1.58. The van der Waals surface area contributed by atoms with Crippen LogP contribution in [0.4, 0.5) is 17.6 Å². The number of rotatable bonds is 3. The van der Waals surface area contributed by atoms with Crippen LogP contribution in [-0.2, 0) is 10.7 Å². The molecule has 1 aromatic carbocycles. The van der Waals surface area contributed by atoms with Gasteiger partial charge in [0.15, 0.2) is 0 Å². The average molecular weight is 222 g/mol. The zero-order valence-corrected chi connectivity index (χ0v) is 7.31. The molecule has 0 fully saturated rings. The highest BCUT2D eigenvalue weighted by Crippen LogP contribution is 2.33. The molecule has 0 aliphatic rings. The number of carbonyl (C=O) groups is 1. The number of benzene rings is 1. The van der Waals surface area contributed by atoms with Crippen molar-refractivity contribution in [1.82, 2.24) is 0 Å². The van der Waals surface area contributed by atoms with Crippen molar-refractivity contribution in [2.75, 3.05) is 0 Å². The van der Waals surface area contributed by atoms with E-state index in [0.717, 1.165) is 0 Å². The fourth-order valence-corrected chi connectivity index (χ4v) is 1.06. The molecule has 1 N–H and O–H groups in total. The average Bonchev–Trinajstić information content (AvgIpc) is 2.06. The van der Waals surface area contributed by atoms with E-state index < -0.39 is 35.5 Å². The Morgan fingerprint density at radius 3 is 2.47 bits per heavy atom. The molecule has 6 heteroatoms. The van der Waals surface area contributed by atoms with Crippen molar-refractivity contribution in [1.29, 1.82) is 0 Å². The van der Waals surface area contributed by atoms with Crippen LogP contribution in [0.1, 0.15) is 12.0 Å². The zero-order chi connectivity index (χ0) is 11.6. The number of hydrogen-bond acceptors (Lipinski definition) is 1. The maximum absolute atomic E-state index is 13.1. The molecule has 0 saturated heterocycles. The molecule has 0 bridgehead atoms. The Kier molecular flexibility index (Phi) is 2.97. The molecule has 0 atom stereocenters. The van der Waals surface area contributed by atoms with Crippen molar-refractivity contribution >= 4 is 5.97 Å². The van der Waals surface area contributed by atoms with E-state index in [2.05, 4.69) is 0 Å². The van der Waals surface area contributed by atoms with E-state index >= 15 is 0 Å². The Labute approximate surface area is 82.1 Å². The van der Waals surface area contributed by atoms with Crippen molar-refractivity contribution in [3.63, 3.8) is 0 Å². The first kappa shape index (κ1) is 11.5. The lowest BCUT2D eigenvalue weighted by Crippen LogP contribution is -2.20.